The van der Waals surface area contributed by atoms with Gasteiger partial charge in [-0.05, 0) is 18.6 Å². The van der Waals surface area contributed by atoms with Gasteiger partial charge in [0.25, 0.3) is 0 Å². The van der Waals surface area contributed by atoms with Crippen LogP contribution in [0.25, 0.3) is 10.9 Å². The van der Waals surface area contributed by atoms with Gasteiger partial charge in [0, 0.05) is 17.1 Å². The number of rotatable bonds is 2. The molecule has 2 heteroatoms. The van der Waals surface area contributed by atoms with Crippen molar-refractivity contribution in [3.8, 4) is 0 Å². The molecule has 0 atom stereocenters. The molecule has 1 heterocycles. The van der Waals surface area contributed by atoms with Crippen LogP contribution >= 0.6 is 0 Å². The molecule has 1 N–H and O–H groups in total. The Labute approximate surface area is 77.3 Å². The van der Waals surface area contributed by atoms with Gasteiger partial charge in [0.15, 0.2) is 0 Å². The second-order valence-corrected chi connectivity index (χ2v) is 2.96. The second-order valence-electron chi connectivity index (χ2n) is 2.96. The van der Waals surface area contributed by atoms with E-state index in [2.05, 4.69) is 35.1 Å². The highest BCUT2D eigenvalue weighted by Crippen LogP contribution is 2.19. The van der Waals surface area contributed by atoms with E-state index in [4.69, 9.17) is 0 Å². The number of para-hydroxylation sites is 1. The molecule has 1 aromatic heterocycles. The molecule has 1 aromatic carbocycles. The van der Waals surface area contributed by atoms with Gasteiger partial charge < -0.3 is 4.98 Å². The molecule has 2 nitrogen and oxygen atoms in total. The smallest absolute Gasteiger partial charge is 0.130 e. The van der Waals surface area contributed by atoms with Crippen LogP contribution in [0.5, 0.6) is 0 Å². The average Bonchev–Trinajstić information content (AvgIpc) is 2.57. The number of aromatic amines is 1. The summed E-state index contributed by atoms with van der Waals surface area (Å²) < 4.78 is 0. The number of hydrogen-bond donors (Lipinski definition) is 1. The van der Waals surface area contributed by atoms with E-state index in [9.17, 15) is 0 Å². The molecule has 2 aromatic rings. The molecule has 0 aliphatic carbocycles. The lowest BCUT2D eigenvalue weighted by Gasteiger charge is -1.84. The topological polar surface area (TPSA) is 28.1 Å². The van der Waals surface area contributed by atoms with Crippen molar-refractivity contribution in [3.63, 3.8) is 0 Å². The van der Waals surface area contributed by atoms with Crippen LogP contribution in [-0.4, -0.2) is 11.2 Å². The van der Waals surface area contributed by atoms with E-state index >= 15 is 0 Å². The van der Waals surface area contributed by atoms with Gasteiger partial charge in [0.05, 0.1) is 0 Å². The number of fused-ring (bicyclic) bond motifs is 1. The Kier molecular flexibility index (Phi) is 2.13. The molecule has 0 saturated heterocycles. The number of nitrogens with one attached hydrogen (secondary N) is 1. The first-order valence-corrected chi connectivity index (χ1v) is 4.50. The highest BCUT2D eigenvalue weighted by Gasteiger charge is 1.95. The van der Waals surface area contributed by atoms with Crippen molar-refractivity contribution in [1.82, 2.24) is 4.98 Å². The van der Waals surface area contributed by atoms with Gasteiger partial charge in [-0.25, -0.2) is 4.99 Å². The molecule has 0 aliphatic heterocycles. The van der Waals surface area contributed by atoms with Crippen molar-refractivity contribution < 1.29 is 0 Å². The minimum absolute atomic E-state index is 0.933. The monoisotopic (exact) mass is 172 g/mol. The largest absolute Gasteiger partial charge is 0.340 e. The third kappa shape index (κ3) is 1.61. The number of nitrogens with zero attached hydrogens (tertiary/aromatic N) is 1. The van der Waals surface area contributed by atoms with E-state index < -0.39 is 0 Å². The summed E-state index contributed by atoms with van der Waals surface area (Å²) >= 11 is 0. The number of aromatic nitrogens is 1. The number of H-pyrrole nitrogens is 1. The molecule has 0 aliphatic rings. The van der Waals surface area contributed by atoms with Crippen LogP contribution in [0, 0.1) is 0 Å². The van der Waals surface area contributed by atoms with Gasteiger partial charge in [0.2, 0.25) is 0 Å². The molecule has 0 radical (unpaired) electrons. The lowest BCUT2D eigenvalue weighted by atomic mass is 10.2. The van der Waals surface area contributed by atoms with E-state index in [1.54, 1.807) is 0 Å². The molecule has 66 valence electrons. The van der Waals surface area contributed by atoms with Crippen molar-refractivity contribution in [3.05, 3.63) is 30.3 Å². The molecule has 0 amide bonds. The van der Waals surface area contributed by atoms with Crippen LogP contribution in [0.2, 0.25) is 0 Å². The maximum atomic E-state index is 4.28. The standard InChI is InChI=1S/C11H12N2/c1-2-7-12-11-8-9-5-3-4-6-10(9)13-11/h3-8,13H,2H2,1H3. The Morgan fingerprint density at radius 3 is 3.00 bits per heavy atom. The van der Waals surface area contributed by atoms with Crippen molar-refractivity contribution in [2.75, 3.05) is 0 Å². The zero-order valence-electron chi connectivity index (χ0n) is 7.62. The summed E-state index contributed by atoms with van der Waals surface area (Å²) in [5, 5.41) is 1.21. The van der Waals surface area contributed by atoms with Gasteiger partial charge in [-0.15, -0.1) is 0 Å². The summed E-state index contributed by atoms with van der Waals surface area (Å²) in [4.78, 5) is 7.51. The summed E-state index contributed by atoms with van der Waals surface area (Å²) in [7, 11) is 0. The Morgan fingerprint density at radius 2 is 2.23 bits per heavy atom. The highest BCUT2D eigenvalue weighted by atomic mass is 14.9. The minimum atomic E-state index is 0.933. The van der Waals surface area contributed by atoms with E-state index in [1.165, 1.54) is 5.39 Å². The number of aliphatic imine (C=N–C) groups is 1. The fourth-order valence-electron chi connectivity index (χ4n) is 1.32. The van der Waals surface area contributed by atoms with Crippen molar-refractivity contribution in [1.29, 1.82) is 0 Å². The van der Waals surface area contributed by atoms with Crippen LogP contribution in [-0.2, 0) is 0 Å². The Bertz CT molecular complexity index is 393. The summed E-state index contributed by atoms with van der Waals surface area (Å²) in [6, 6.07) is 10.2. The number of benzene rings is 1. The highest BCUT2D eigenvalue weighted by molar-refractivity contribution is 5.83. The SMILES string of the molecule is CCC=Nc1cc2ccccc2[nH]1. The van der Waals surface area contributed by atoms with Gasteiger partial charge in [-0.3, -0.25) is 0 Å². The molecule has 0 saturated carbocycles. The molecule has 0 bridgehead atoms. The number of hydrogen-bond acceptors (Lipinski definition) is 1. The van der Waals surface area contributed by atoms with Crippen LogP contribution in [0.1, 0.15) is 13.3 Å². The van der Waals surface area contributed by atoms with Crippen LogP contribution in [0.4, 0.5) is 5.82 Å². The summed E-state index contributed by atoms with van der Waals surface area (Å²) in [6.45, 7) is 2.08. The van der Waals surface area contributed by atoms with Gasteiger partial charge in [-0.2, -0.15) is 0 Å². The predicted octanol–water partition coefficient (Wildman–Crippen LogP) is 3.28. The van der Waals surface area contributed by atoms with E-state index in [1.807, 2.05) is 18.3 Å². The Balaban J connectivity index is 2.44. The van der Waals surface area contributed by atoms with Crippen molar-refractivity contribution >= 4 is 22.9 Å². The summed E-state index contributed by atoms with van der Waals surface area (Å²) in [6.07, 6.45) is 2.88. The average molecular weight is 172 g/mol. The van der Waals surface area contributed by atoms with Crippen LogP contribution in [0.3, 0.4) is 0 Å². The third-order valence-corrected chi connectivity index (χ3v) is 1.93. The summed E-state index contributed by atoms with van der Waals surface area (Å²) in [5.41, 5.74) is 1.14. The van der Waals surface area contributed by atoms with E-state index in [-0.39, 0.29) is 0 Å². The first-order chi connectivity index (χ1) is 6.40. The zero-order valence-corrected chi connectivity index (χ0v) is 7.62. The normalized spacial score (nSPS) is 11.5. The predicted molar refractivity (Wildman–Crippen MR) is 56.7 cm³/mol. The maximum Gasteiger partial charge on any atom is 0.130 e. The van der Waals surface area contributed by atoms with Gasteiger partial charge >= 0.3 is 0 Å². The van der Waals surface area contributed by atoms with Gasteiger partial charge in [-0.1, -0.05) is 25.1 Å². The second kappa shape index (κ2) is 3.44. The van der Waals surface area contributed by atoms with Crippen molar-refractivity contribution in [2.24, 2.45) is 4.99 Å². The molecule has 0 unspecified atom stereocenters. The van der Waals surface area contributed by atoms with Crippen LogP contribution < -0.4 is 0 Å². The zero-order chi connectivity index (χ0) is 9.10. The molecular weight excluding hydrogens is 160 g/mol. The maximum absolute atomic E-state index is 4.28. The first-order valence-electron chi connectivity index (χ1n) is 4.50. The Morgan fingerprint density at radius 1 is 1.38 bits per heavy atom. The molecule has 0 spiro atoms. The third-order valence-electron chi connectivity index (χ3n) is 1.93. The molecule has 13 heavy (non-hydrogen) atoms. The van der Waals surface area contributed by atoms with E-state index in [0.717, 1.165) is 17.8 Å². The lowest BCUT2D eigenvalue weighted by Crippen LogP contribution is -1.67. The molecule has 2 rings (SSSR count). The van der Waals surface area contributed by atoms with Gasteiger partial charge in [0.1, 0.15) is 5.82 Å². The first kappa shape index (κ1) is 8.05. The molecule has 0 fully saturated rings. The minimum Gasteiger partial charge on any atom is -0.340 e. The Hall–Kier alpha value is -1.57. The van der Waals surface area contributed by atoms with E-state index in [0.29, 0.717) is 0 Å². The fourth-order valence-corrected chi connectivity index (χ4v) is 1.32. The quantitative estimate of drug-likeness (QED) is 0.673. The summed E-state index contributed by atoms with van der Waals surface area (Å²) in [5.74, 6) is 0.933. The van der Waals surface area contributed by atoms with Crippen molar-refractivity contribution in [2.45, 2.75) is 13.3 Å². The fraction of sp³-hybridized carbons (Fsp3) is 0.182. The lowest BCUT2D eigenvalue weighted by molar-refractivity contribution is 1.29. The molecular formula is C11H12N2. The van der Waals surface area contributed by atoms with Crippen LogP contribution in [0.15, 0.2) is 35.3 Å².